The first-order chi connectivity index (χ1) is 15.3. The Labute approximate surface area is 196 Å². The van der Waals surface area contributed by atoms with Crippen LogP contribution in [-0.2, 0) is 15.0 Å². The fourth-order valence-corrected chi connectivity index (χ4v) is 5.90. The first-order valence-electron chi connectivity index (χ1n) is 10.5. The lowest BCUT2D eigenvalue weighted by atomic mass is 9.58. The van der Waals surface area contributed by atoms with Crippen LogP contribution in [0.3, 0.4) is 0 Å². The van der Waals surface area contributed by atoms with Gasteiger partial charge in [0, 0.05) is 28.1 Å². The number of hydrogen-bond acceptors (Lipinski definition) is 2. The second kappa shape index (κ2) is 7.65. The number of nitrogens with one attached hydrogen (secondary N) is 2. The van der Waals surface area contributed by atoms with Crippen molar-refractivity contribution in [2.45, 2.75) is 37.6 Å². The lowest BCUT2D eigenvalue weighted by molar-refractivity contribution is -0.131. The maximum Gasteiger partial charge on any atom is 0.238 e. The van der Waals surface area contributed by atoms with E-state index >= 15 is 0 Å². The highest BCUT2D eigenvalue weighted by atomic mass is 35.5. The largest absolute Gasteiger partial charge is 0.348 e. The van der Waals surface area contributed by atoms with E-state index in [9.17, 15) is 9.59 Å². The monoisotopic (exact) mass is 464 g/mol. The first kappa shape index (κ1) is 21.0. The van der Waals surface area contributed by atoms with Crippen LogP contribution in [0.4, 0.5) is 5.69 Å². The molecule has 5 rings (SSSR count). The van der Waals surface area contributed by atoms with Crippen LogP contribution in [0.5, 0.6) is 0 Å². The molecular weight excluding hydrogens is 443 g/mol. The standard InChI is InChI=1S/C26H22Cl2N2O2/c1-14-5-3-6-15(2)23(14)24-26(19-10-9-18(28)12-21(19)29-25(26)32)20(13-22(31)30-24)16-7-4-8-17(27)11-16/h3-12,20,24H,13H2,1-2H3,(H,29,32)(H,30,31)/t20-,24+,26-/m0/s1. The van der Waals surface area contributed by atoms with Gasteiger partial charge in [0.25, 0.3) is 0 Å². The SMILES string of the molecule is Cc1cccc(C)c1[C@H]1NC(=O)C[C@@H](c2cccc(Cl)c2)[C@]12C(=O)Nc1cc(Cl)ccc12. The minimum Gasteiger partial charge on any atom is -0.348 e. The molecule has 0 aromatic heterocycles. The predicted molar refractivity (Wildman–Crippen MR) is 127 cm³/mol. The van der Waals surface area contributed by atoms with Gasteiger partial charge in [0.2, 0.25) is 11.8 Å². The minimum absolute atomic E-state index is 0.0940. The van der Waals surface area contributed by atoms with Crippen molar-refractivity contribution in [3.05, 3.63) is 98.5 Å². The molecule has 6 heteroatoms. The number of piperidine rings is 1. The average Bonchev–Trinajstić information content (AvgIpc) is 3.01. The lowest BCUT2D eigenvalue weighted by Crippen LogP contribution is -2.57. The molecule has 162 valence electrons. The Morgan fingerprint density at radius 1 is 0.906 bits per heavy atom. The Morgan fingerprint density at radius 3 is 2.31 bits per heavy atom. The van der Waals surface area contributed by atoms with E-state index in [0.717, 1.165) is 27.8 Å². The smallest absolute Gasteiger partial charge is 0.238 e. The van der Waals surface area contributed by atoms with Gasteiger partial charge in [-0.2, -0.15) is 0 Å². The molecule has 0 radical (unpaired) electrons. The third-order valence-electron chi connectivity index (χ3n) is 6.83. The molecule has 2 N–H and O–H groups in total. The minimum atomic E-state index is -1.05. The van der Waals surface area contributed by atoms with E-state index < -0.39 is 17.4 Å². The van der Waals surface area contributed by atoms with E-state index in [4.69, 9.17) is 23.2 Å². The predicted octanol–water partition coefficient (Wildman–Crippen LogP) is 5.85. The van der Waals surface area contributed by atoms with Crippen LogP contribution < -0.4 is 10.6 Å². The molecule has 32 heavy (non-hydrogen) atoms. The van der Waals surface area contributed by atoms with E-state index in [1.54, 1.807) is 18.2 Å². The van der Waals surface area contributed by atoms with Gasteiger partial charge in [0.15, 0.2) is 0 Å². The van der Waals surface area contributed by atoms with Crippen molar-refractivity contribution in [2.24, 2.45) is 0 Å². The molecule has 2 aliphatic rings. The molecule has 2 heterocycles. The van der Waals surface area contributed by atoms with Crippen LogP contribution in [-0.4, -0.2) is 11.8 Å². The summed E-state index contributed by atoms with van der Waals surface area (Å²) in [6, 6.07) is 18.4. The quantitative estimate of drug-likeness (QED) is 0.499. The van der Waals surface area contributed by atoms with Crippen molar-refractivity contribution in [3.8, 4) is 0 Å². The molecule has 4 nitrogen and oxygen atoms in total. The van der Waals surface area contributed by atoms with Gasteiger partial charge in [-0.1, -0.05) is 59.6 Å². The molecule has 1 fully saturated rings. The van der Waals surface area contributed by atoms with E-state index in [0.29, 0.717) is 15.7 Å². The Morgan fingerprint density at radius 2 is 1.59 bits per heavy atom. The Balaban J connectivity index is 1.85. The summed E-state index contributed by atoms with van der Waals surface area (Å²) in [6.07, 6.45) is 0.178. The van der Waals surface area contributed by atoms with Crippen LogP contribution >= 0.6 is 23.2 Å². The van der Waals surface area contributed by atoms with Crippen molar-refractivity contribution in [3.63, 3.8) is 0 Å². The summed E-state index contributed by atoms with van der Waals surface area (Å²) in [6.45, 7) is 4.03. The maximum absolute atomic E-state index is 14.0. The highest BCUT2D eigenvalue weighted by molar-refractivity contribution is 6.31. The molecule has 3 aromatic rings. The summed E-state index contributed by atoms with van der Waals surface area (Å²) in [7, 11) is 0. The fraction of sp³-hybridized carbons (Fsp3) is 0.231. The second-order valence-electron chi connectivity index (χ2n) is 8.63. The Hall–Kier alpha value is -2.82. The number of anilines is 1. The van der Waals surface area contributed by atoms with Gasteiger partial charge < -0.3 is 10.6 Å². The number of fused-ring (bicyclic) bond motifs is 2. The third-order valence-corrected chi connectivity index (χ3v) is 7.30. The van der Waals surface area contributed by atoms with Crippen LogP contribution in [0.2, 0.25) is 10.0 Å². The van der Waals surface area contributed by atoms with Gasteiger partial charge in [0.1, 0.15) is 5.41 Å². The summed E-state index contributed by atoms with van der Waals surface area (Å²) in [4.78, 5) is 27.0. The number of carbonyl (C=O) groups is 2. The number of halogens is 2. The zero-order valence-corrected chi connectivity index (χ0v) is 19.2. The maximum atomic E-state index is 14.0. The molecule has 1 spiro atoms. The molecule has 3 atom stereocenters. The van der Waals surface area contributed by atoms with Gasteiger partial charge in [-0.25, -0.2) is 0 Å². The van der Waals surface area contributed by atoms with Crippen molar-refractivity contribution < 1.29 is 9.59 Å². The number of benzene rings is 3. The molecule has 1 saturated heterocycles. The molecule has 0 bridgehead atoms. The summed E-state index contributed by atoms with van der Waals surface area (Å²) in [5.74, 6) is -0.641. The van der Waals surface area contributed by atoms with Gasteiger partial charge >= 0.3 is 0 Å². The summed E-state index contributed by atoms with van der Waals surface area (Å²) < 4.78 is 0. The first-order valence-corrected chi connectivity index (χ1v) is 11.3. The number of carbonyl (C=O) groups excluding carboxylic acids is 2. The molecule has 0 aliphatic carbocycles. The molecule has 3 aromatic carbocycles. The summed E-state index contributed by atoms with van der Waals surface area (Å²) in [5.41, 5.74) is 4.35. The molecule has 2 amide bonds. The Kier molecular flexibility index (Phi) is 5.03. The highest BCUT2D eigenvalue weighted by Gasteiger charge is 2.61. The second-order valence-corrected chi connectivity index (χ2v) is 9.50. The van der Waals surface area contributed by atoms with Crippen molar-refractivity contribution in [1.29, 1.82) is 0 Å². The number of aryl methyl sites for hydroxylation is 2. The van der Waals surface area contributed by atoms with Gasteiger partial charge in [-0.05, 0) is 65.9 Å². The Bertz CT molecular complexity index is 1250. The van der Waals surface area contributed by atoms with E-state index in [1.165, 1.54) is 0 Å². The molecule has 2 aliphatic heterocycles. The lowest BCUT2D eigenvalue weighted by Gasteiger charge is -2.47. The normalized spacial score (nSPS) is 24.2. The van der Waals surface area contributed by atoms with Gasteiger partial charge in [-0.15, -0.1) is 0 Å². The summed E-state index contributed by atoms with van der Waals surface area (Å²) >= 11 is 12.6. The molecular formula is C26H22Cl2N2O2. The summed E-state index contributed by atoms with van der Waals surface area (Å²) in [5, 5.41) is 7.36. The number of hydrogen-bond donors (Lipinski definition) is 2. The van der Waals surface area contributed by atoms with E-state index in [2.05, 4.69) is 10.6 Å². The van der Waals surface area contributed by atoms with Crippen molar-refractivity contribution >= 4 is 40.7 Å². The van der Waals surface area contributed by atoms with Crippen molar-refractivity contribution in [1.82, 2.24) is 5.32 Å². The van der Waals surface area contributed by atoms with E-state index in [-0.39, 0.29) is 18.2 Å². The van der Waals surface area contributed by atoms with Crippen LogP contribution in [0.25, 0.3) is 0 Å². The van der Waals surface area contributed by atoms with Crippen molar-refractivity contribution in [2.75, 3.05) is 5.32 Å². The zero-order chi connectivity index (χ0) is 22.6. The number of amides is 2. The molecule has 0 saturated carbocycles. The highest BCUT2D eigenvalue weighted by Crippen LogP contribution is 2.58. The zero-order valence-electron chi connectivity index (χ0n) is 17.7. The third kappa shape index (κ3) is 3.05. The van der Waals surface area contributed by atoms with Gasteiger partial charge in [0.05, 0.1) is 6.04 Å². The van der Waals surface area contributed by atoms with Gasteiger partial charge in [-0.3, -0.25) is 9.59 Å². The topological polar surface area (TPSA) is 58.2 Å². The van der Waals surface area contributed by atoms with Crippen LogP contribution in [0.15, 0.2) is 60.7 Å². The number of rotatable bonds is 2. The average molecular weight is 465 g/mol. The van der Waals surface area contributed by atoms with E-state index in [1.807, 2.05) is 56.3 Å². The fourth-order valence-electron chi connectivity index (χ4n) is 5.53. The van der Waals surface area contributed by atoms with Crippen LogP contribution in [0.1, 0.15) is 46.2 Å². The van der Waals surface area contributed by atoms with Crippen LogP contribution in [0, 0.1) is 13.8 Å². The molecule has 0 unspecified atom stereocenters.